The summed E-state index contributed by atoms with van der Waals surface area (Å²) in [6.07, 6.45) is 0. The zero-order valence-corrected chi connectivity index (χ0v) is 12.9. The van der Waals surface area contributed by atoms with Gasteiger partial charge in [0.25, 0.3) is 5.91 Å². The summed E-state index contributed by atoms with van der Waals surface area (Å²) in [5.41, 5.74) is 0.584. The minimum atomic E-state index is 0.0231. The summed E-state index contributed by atoms with van der Waals surface area (Å²) in [4.78, 5) is 16.8. The van der Waals surface area contributed by atoms with Crippen molar-refractivity contribution in [2.75, 3.05) is 46.4 Å². The quantitative estimate of drug-likeness (QED) is 0.907. The monoisotopic (exact) mass is 309 g/mol. The highest BCUT2D eigenvalue weighted by atomic mass is 35.5. The Balaban J connectivity index is 1.62. The average molecular weight is 310 g/mol. The number of amides is 1. The van der Waals surface area contributed by atoms with Crippen LogP contribution in [0.25, 0.3) is 0 Å². The van der Waals surface area contributed by atoms with Crippen LogP contribution in [0.2, 0.25) is 5.02 Å². The Bertz CT molecular complexity index is 526. The lowest BCUT2D eigenvalue weighted by atomic mass is 10.0. The molecule has 5 nitrogen and oxygen atoms in total. The number of nitrogens with one attached hydrogen (secondary N) is 1. The summed E-state index contributed by atoms with van der Waals surface area (Å²) in [5.74, 6) is 0.563. The van der Waals surface area contributed by atoms with Crippen molar-refractivity contribution in [3.63, 3.8) is 0 Å². The molecule has 114 valence electrons. The van der Waals surface area contributed by atoms with Crippen LogP contribution in [0.15, 0.2) is 18.2 Å². The second-order valence-corrected chi connectivity index (χ2v) is 5.93. The Hall–Kier alpha value is -1.30. The molecule has 2 saturated heterocycles. The molecule has 0 bridgehead atoms. The fraction of sp³-hybridized carbons (Fsp3) is 0.533. The van der Waals surface area contributed by atoms with E-state index in [0.717, 1.165) is 39.3 Å². The number of carbonyl (C=O) groups excluding carboxylic acids is 1. The zero-order chi connectivity index (χ0) is 14.8. The number of ether oxygens (including phenoxy) is 1. The Labute approximate surface area is 129 Å². The van der Waals surface area contributed by atoms with E-state index >= 15 is 0 Å². The molecule has 0 unspecified atom stereocenters. The highest BCUT2D eigenvalue weighted by Crippen LogP contribution is 2.27. The van der Waals surface area contributed by atoms with Crippen molar-refractivity contribution in [3.05, 3.63) is 28.8 Å². The van der Waals surface area contributed by atoms with Crippen molar-refractivity contribution < 1.29 is 9.53 Å². The first-order valence-corrected chi connectivity index (χ1v) is 7.64. The third kappa shape index (κ3) is 3.00. The van der Waals surface area contributed by atoms with Gasteiger partial charge in [0.1, 0.15) is 5.75 Å². The average Bonchev–Trinajstić information content (AvgIpc) is 2.46. The molecular weight excluding hydrogens is 290 g/mol. The van der Waals surface area contributed by atoms with E-state index in [2.05, 4.69) is 10.2 Å². The molecule has 0 atom stereocenters. The fourth-order valence-corrected chi connectivity index (χ4v) is 3.07. The molecule has 0 aliphatic carbocycles. The third-order valence-corrected chi connectivity index (χ3v) is 4.45. The summed E-state index contributed by atoms with van der Waals surface area (Å²) in [7, 11) is 1.56. The minimum Gasteiger partial charge on any atom is -0.496 e. The number of hydrogen-bond acceptors (Lipinski definition) is 4. The van der Waals surface area contributed by atoms with Crippen molar-refractivity contribution in [1.29, 1.82) is 0 Å². The van der Waals surface area contributed by atoms with Crippen molar-refractivity contribution in [2.24, 2.45) is 0 Å². The lowest BCUT2D eigenvalue weighted by Crippen LogP contribution is -2.63. The topological polar surface area (TPSA) is 44.8 Å². The highest BCUT2D eigenvalue weighted by molar-refractivity contribution is 6.30. The van der Waals surface area contributed by atoms with Gasteiger partial charge in [-0.2, -0.15) is 0 Å². The van der Waals surface area contributed by atoms with Crippen molar-refractivity contribution >= 4 is 17.5 Å². The first-order valence-electron chi connectivity index (χ1n) is 7.26. The maximum absolute atomic E-state index is 12.5. The number of halogens is 1. The van der Waals surface area contributed by atoms with Crippen LogP contribution in [0.4, 0.5) is 0 Å². The van der Waals surface area contributed by atoms with Gasteiger partial charge in [0.2, 0.25) is 0 Å². The van der Waals surface area contributed by atoms with Crippen LogP contribution >= 0.6 is 11.6 Å². The van der Waals surface area contributed by atoms with Gasteiger partial charge < -0.3 is 15.0 Å². The van der Waals surface area contributed by atoms with E-state index in [1.54, 1.807) is 25.3 Å². The second kappa shape index (κ2) is 6.22. The van der Waals surface area contributed by atoms with Gasteiger partial charge in [-0.15, -0.1) is 0 Å². The van der Waals surface area contributed by atoms with Crippen molar-refractivity contribution in [1.82, 2.24) is 15.1 Å². The third-order valence-electron chi connectivity index (χ3n) is 4.21. The molecule has 1 N–H and O–H groups in total. The van der Waals surface area contributed by atoms with E-state index in [9.17, 15) is 4.79 Å². The Morgan fingerprint density at radius 1 is 1.33 bits per heavy atom. The van der Waals surface area contributed by atoms with Gasteiger partial charge in [0.05, 0.1) is 12.7 Å². The van der Waals surface area contributed by atoms with Crippen LogP contribution < -0.4 is 10.1 Å². The number of nitrogens with zero attached hydrogens (tertiary/aromatic N) is 2. The molecule has 21 heavy (non-hydrogen) atoms. The summed E-state index contributed by atoms with van der Waals surface area (Å²) >= 11 is 5.93. The van der Waals surface area contributed by atoms with Gasteiger partial charge in [0, 0.05) is 50.3 Å². The molecule has 0 saturated carbocycles. The molecule has 0 radical (unpaired) electrons. The summed E-state index contributed by atoms with van der Waals surface area (Å²) < 4.78 is 5.26. The molecule has 2 heterocycles. The predicted octanol–water partition coefficient (Wildman–Crippen LogP) is 1.08. The number of hydrogen-bond donors (Lipinski definition) is 1. The van der Waals surface area contributed by atoms with Crippen LogP contribution in [0.3, 0.4) is 0 Å². The van der Waals surface area contributed by atoms with Crippen LogP contribution in [0.5, 0.6) is 5.75 Å². The maximum atomic E-state index is 12.5. The maximum Gasteiger partial charge on any atom is 0.257 e. The molecule has 1 amide bonds. The summed E-state index contributed by atoms with van der Waals surface area (Å²) in [6, 6.07) is 5.64. The van der Waals surface area contributed by atoms with Gasteiger partial charge in [-0.05, 0) is 18.2 Å². The first-order chi connectivity index (χ1) is 10.2. The minimum absolute atomic E-state index is 0.0231. The Morgan fingerprint density at radius 2 is 2.05 bits per heavy atom. The largest absolute Gasteiger partial charge is 0.496 e. The van der Waals surface area contributed by atoms with E-state index in [-0.39, 0.29) is 5.91 Å². The fourth-order valence-electron chi connectivity index (χ4n) is 2.91. The predicted molar refractivity (Wildman–Crippen MR) is 82.1 cm³/mol. The van der Waals surface area contributed by atoms with Gasteiger partial charge in [-0.1, -0.05) is 11.6 Å². The van der Waals surface area contributed by atoms with E-state index in [1.165, 1.54) is 0 Å². The molecular formula is C15H20ClN3O2. The van der Waals surface area contributed by atoms with Crippen LogP contribution in [0, 0.1) is 0 Å². The highest BCUT2D eigenvalue weighted by Gasteiger charge is 2.36. The van der Waals surface area contributed by atoms with Crippen LogP contribution in [0.1, 0.15) is 10.4 Å². The lowest BCUT2D eigenvalue weighted by molar-refractivity contribution is 0.0225. The van der Waals surface area contributed by atoms with Gasteiger partial charge in [0.15, 0.2) is 0 Å². The molecule has 1 aromatic rings. The number of likely N-dealkylation sites (tertiary alicyclic amines) is 1. The molecule has 3 rings (SSSR count). The Kier molecular flexibility index (Phi) is 4.33. The SMILES string of the molecule is COc1cc(Cl)ccc1C(=O)N1CC(N2CCNCC2)C1. The van der Waals surface area contributed by atoms with Crippen molar-refractivity contribution in [2.45, 2.75) is 6.04 Å². The van der Waals surface area contributed by atoms with Gasteiger partial charge in [-0.25, -0.2) is 0 Å². The molecule has 2 aliphatic rings. The first kappa shape index (κ1) is 14.6. The van der Waals surface area contributed by atoms with E-state index in [1.807, 2.05) is 4.90 Å². The lowest BCUT2D eigenvalue weighted by Gasteiger charge is -2.46. The summed E-state index contributed by atoms with van der Waals surface area (Å²) in [5, 5.41) is 3.92. The van der Waals surface area contributed by atoms with Crippen LogP contribution in [-0.2, 0) is 0 Å². The number of benzene rings is 1. The number of methoxy groups -OCH3 is 1. The Morgan fingerprint density at radius 3 is 2.71 bits per heavy atom. The van der Waals surface area contributed by atoms with E-state index in [4.69, 9.17) is 16.3 Å². The molecule has 6 heteroatoms. The molecule has 1 aromatic carbocycles. The van der Waals surface area contributed by atoms with Gasteiger partial charge >= 0.3 is 0 Å². The van der Waals surface area contributed by atoms with Crippen molar-refractivity contribution in [3.8, 4) is 5.75 Å². The molecule has 0 aromatic heterocycles. The van der Waals surface area contributed by atoms with Crippen LogP contribution in [-0.4, -0.2) is 68.1 Å². The number of rotatable bonds is 3. The molecule has 2 fully saturated rings. The second-order valence-electron chi connectivity index (χ2n) is 5.49. The standard InChI is InChI=1S/C15H20ClN3O2/c1-21-14-8-11(16)2-3-13(14)15(20)19-9-12(10-19)18-6-4-17-5-7-18/h2-3,8,12,17H,4-7,9-10H2,1H3. The van der Waals surface area contributed by atoms with E-state index < -0.39 is 0 Å². The number of piperazine rings is 1. The zero-order valence-electron chi connectivity index (χ0n) is 12.1. The van der Waals surface area contributed by atoms with Gasteiger partial charge in [-0.3, -0.25) is 9.69 Å². The molecule has 2 aliphatic heterocycles. The summed E-state index contributed by atoms with van der Waals surface area (Å²) in [6.45, 7) is 5.80. The van der Waals surface area contributed by atoms with E-state index in [0.29, 0.717) is 22.4 Å². The smallest absolute Gasteiger partial charge is 0.257 e. The normalized spacial score (nSPS) is 20.2. The molecule has 0 spiro atoms. The number of carbonyl (C=O) groups is 1.